The van der Waals surface area contributed by atoms with Crippen LogP contribution in [0, 0.1) is 0 Å². The van der Waals surface area contributed by atoms with Crippen LogP contribution in [0.2, 0.25) is 0 Å². The van der Waals surface area contributed by atoms with Crippen LogP contribution in [0.15, 0.2) is 24.3 Å². The lowest BCUT2D eigenvalue weighted by Crippen LogP contribution is -2.30. The average molecular weight is 261 g/mol. The third kappa shape index (κ3) is 3.47. The lowest BCUT2D eigenvalue weighted by molar-refractivity contribution is -0.121. The van der Waals surface area contributed by atoms with Crippen LogP contribution in [0.5, 0.6) is 0 Å². The minimum atomic E-state index is -0.0695. The van der Waals surface area contributed by atoms with Gasteiger partial charge in [0.25, 0.3) is 0 Å². The Bertz CT molecular complexity index is 433. The van der Waals surface area contributed by atoms with Crippen molar-refractivity contribution in [2.75, 3.05) is 11.4 Å². The van der Waals surface area contributed by atoms with Gasteiger partial charge >= 0.3 is 0 Å². The lowest BCUT2D eigenvalue weighted by atomic mass is 10.1. The Morgan fingerprint density at radius 2 is 2.16 bits per heavy atom. The SMILES string of the molecule is CC1Cc2ccccc2N1CCCCCC(=O)NN. The van der Waals surface area contributed by atoms with Crippen LogP contribution in [-0.4, -0.2) is 18.5 Å². The number of hydrazine groups is 1. The second-order valence-corrected chi connectivity index (χ2v) is 5.25. The van der Waals surface area contributed by atoms with E-state index in [0.29, 0.717) is 12.5 Å². The fourth-order valence-corrected chi connectivity index (χ4v) is 2.79. The first kappa shape index (κ1) is 13.9. The monoisotopic (exact) mass is 261 g/mol. The van der Waals surface area contributed by atoms with Gasteiger partial charge in [0.15, 0.2) is 0 Å². The van der Waals surface area contributed by atoms with Gasteiger partial charge in [-0.3, -0.25) is 10.2 Å². The maximum atomic E-state index is 11.0. The second-order valence-electron chi connectivity index (χ2n) is 5.25. The molecule has 0 radical (unpaired) electrons. The Morgan fingerprint density at radius 1 is 1.37 bits per heavy atom. The first-order valence-electron chi connectivity index (χ1n) is 7.06. The molecule has 4 heteroatoms. The number of rotatable bonds is 6. The smallest absolute Gasteiger partial charge is 0.233 e. The van der Waals surface area contributed by atoms with Crippen molar-refractivity contribution in [3.8, 4) is 0 Å². The van der Waals surface area contributed by atoms with Gasteiger partial charge in [-0.15, -0.1) is 0 Å². The lowest BCUT2D eigenvalue weighted by Gasteiger charge is -2.24. The number of hydrogen-bond acceptors (Lipinski definition) is 3. The van der Waals surface area contributed by atoms with Gasteiger partial charge in [0.2, 0.25) is 5.91 Å². The average Bonchev–Trinajstić information content (AvgIpc) is 2.74. The van der Waals surface area contributed by atoms with E-state index in [4.69, 9.17) is 5.84 Å². The van der Waals surface area contributed by atoms with Gasteiger partial charge in [0.05, 0.1) is 0 Å². The number of amides is 1. The highest BCUT2D eigenvalue weighted by atomic mass is 16.2. The van der Waals surface area contributed by atoms with Gasteiger partial charge in [0.1, 0.15) is 0 Å². The van der Waals surface area contributed by atoms with Crippen LogP contribution < -0.4 is 16.2 Å². The van der Waals surface area contributed by atoms with Gasteiger partial charge < -0.3 is 4.90 Å². The molecule has 0 aromatic heterocycles. The van der Waals surface area contributed by atoms with Crippen molar-refractivity contribution < 1.29 is 4.79 Å². The highest BCUT2D eigenvalue weighted by molar-refractivity contribution is 5.75. The number of anilines is 1. The number of para-hydroxylation sites is 1. The zero-order chi connectivity index (χ0) is 13.7. The molecule has 1 unspecified atom stereocenters. The summed E-state index contributed by atoms with van der Waals surface area (Å²) in [5, 5.41) is 0. The van der Waals surface area contributed by atoms with E-state index in [1.54, 1.807) is 0 Å². The van der Waals surface area contributed by atoms with Crippen molar-refractivity contribution in [1.29, 1.82) is 0 Å². The molecular formula is C15H23N3O. The summed E-state index contributed by atoms with van der Waals surface area (Å²) in [6.45, 7) is 3.35. The number of hydrogen-bond donors (Lipinski definition) is 2. The summed E-state index contributed by atoms with van der Waals surface area (Å²) in [6.07, 6.45) is 4.77. The maximum absolute atomic E-state index is 11.0. The van der Waals surface area contributed by atoms with E-state index in [-0.39, 0.29) is 5.91 Å². The van der Waals surface area contributed by atoms with Crippen LogP contribution in [0.1, 0.15) is 38.2 Å². The Hall–Kier alpha value is -1.55. The van der Waals surface area contributed by atoms with E-state index in [1.807, 2.05) is 0 Å². The first-order valence-corrected chi connectivity index (χ1v) is 7.06. The third-order valence-corrected chi connectivity index (χ3v) is 3.81. The fraction of sp³-hybridized carbons (Fsp3) is 0.533. The molecule has 0 bridgehead atoms. The second kappa shape index (κ2) is 6.57. The quantitative estimate of drug-likeness (QED) is 0.356. The van der Waals surface area contributed by atoms with Gasteiger partial charge in [-0.2, -0.15) is 0 Å². The molecule has 0 saturated heterocycles. The number of nitrogens with one attached hydrogen (secondary N) is 1. The molecule has 104 valence electrons. The number of unbranched alkanes of at least 4 members (excludes halogenated alkanes) is 2. The van der Waals surface area contributed by atoms with E-state index < -0.39 is 0 Å². The van der Waals surface area contributed by atoms with Gasteiger partial charge in [-0.25, -0.2) is 5.84 Å². The van der Waals surface area contributed by atoms with Crippen molar-refractivity contribution in [2.45, 2.75) is 45.1 Å². The third-order valence-electron chi connectivity index (χ3n) is 3.81. The molecular weight excluding hydrogens is 238 g/mol. The number of benzene rings is 1. The standard InChI is InChI=1S/C15H23N3O/c1-12-11-13-7-4-5-8-14(13)18(12)10-6-2-3-9-15(19)17-16/h4-5,7-8,12H,2-3,6,9-11,16H2,1H3,(H,17,19). The molecule has 0 fully saturated rings. The van der Waals surface area contributed by atoms with Crippen molar-refractivity contribution in [3.63, 3.8) is 0 Å². The Morgan fingerprint density at radius 3 is 2.95 bits per heavy atom. The highest BCUT2D eigenvalue weighted by Gasteiger charge is 2.24. The van der Waals surface area contributed by atoms with Gasteiger partial charge in [0, 0.05) is 24.7 Å². The molecule has 1 aromatic rings. The van der Waals surface area contributed by atoms with Crippen molar-refractivity contribution in [1.82, 2.24) is 5.43 Å². The minimum absolute atomic E-state index is 0.0695. The van der Waals surface area contributed by atoms with Gasteiger partial charge in [-0.1, -0.05) is 24.6 Å². The Balaban J connectivity index is 1.76. The van der Waals surface area contributed by atoms with Crippen molar-refractivity contribution in [3.05, 3.63) is 29.8 Å². The molecule has 1 amide bonds. The van der Waals surface area contributed by atoms with E-state index >= 15 is 0 Å². The first-order chi connectivity index (χ1) is 9.22. The number of nitrogens with zero attached hydrogens (tertiary/aromatic N) is 1. The van der Waals surface area contributed by atoms with E-state index in [0.717, 1.165) is 32.2 Å². The number of carbonyl (C=O) groups excluding carboxylic acids is 1. The Labute approximate surface area is 114 Å². The summed E-state index contributed by atoms with van der Waals surface area (Å²) in [5.41, 5.74) is 5.01. The molecule has 3 N–H and O–H groups in total. The Kier molecular flexibility index (Phi) is 4.80. The number of carbonyl (C=O) groups is 1. The van der Waals surface area contributed by atoms with Crippen LogP contribution in [0.25, 0.3) is 0 Å². The minimum Gasteiger partial charge on any atom is -0.368 e. The van der Waals surface area contributed by atoms with Crippen LogP contribution in [0.3, 0.4) is 0 Å². The normalized spacial score (nSPS) is 17.4. The number of fused-ring (bicyclic) bond motifs is 1. The van der Waals surface area contributed by atoms with Crippen molar-refractivity contribution in [2.24, 2.45) is 5.84 Å². The predicted octanol–water partition coefficient (Wildman–Crippen LogP) is 1.99. The van der Waals surface area contributed by atoms with Crippen molar-refractivity contribution >= 4 is 11.6 Å². The fourth-order valence-electron chi connectivity index (χ4n) is 2.79. The van der Waals surface area contributed by atoms with E-state index in [9.17, 15) is 4.79 Å². The molecule has 0 aliphatic carbocycles. The molecule has 1 heterocycles. The van der Waals surface area contributed by atoms with E-state index in [2.05, 4.69) is 41.5 Å². The summed E-state index contributed by atoms with van der Waals surface area (Å²) in [7, 11) is 0. The molecule has 1 aliphatic rings. The molecule has 1 atom stereocenters. The zero-order valence-electron chi connectivity index (χ0n) is 11.6. The number of nitrogens with two attached hydrogens (primary N) is 1. The molecule has 2 rings (SSSR count). The van der Waals surface area contributed by atoms with Gasteiger partial charge in [-0.05, 0) is 37.8 Å². The largest absolute Gasteiger partial charge is 0.368 e. The van der Waals surface area contributed by atoms with Crippen LogP contribution in [-0.2, 0) is 11.2 Å². The summed E-state index contributed by atoms with van der Waals surface area (Å²) < 4.78 is 0. The molecule has 1 aliphatic heterocycles. The maximum Gasteiger partial charge on any atom is 0.233 e. The zero-order valence-corrected chi connectivity index (χ0v) is 11.6. The van der Waals surface area contributed by atoms with Crippen LogP contribution >= 0.6 is 0 Å². The predicted molar refractivity (Wildman–Crippen MR) is 77.8 cm³/mol. The molecule has 19 heavy (non-hydrogen) atoms. The summed E-state index contributed by atoms with van der Waals surface area (Å²) in [5.74, 6) is 4.98. The van der Waals surface area contributed by atoms with E-state index in [1.165, 1.54) is 11.3 Å². The van der Waals surface area contributed by atoms with Crippen LogP contribution in [0.4, 0.5) is 5.69 Å². The molecule has 4 nitrogen and oxygen atoms in total. The molecule has 1 aromatic carbocycles. The summed E-state index contributed by atoms with van der Waals surface area (Å²) in [6, 6.07) is 9.23. The summed E-state index contributed by atoms with van der Waals surface area (Å²) >= 11 is 0. The summed E-state index contributed by atoms with van der Waals surface area (Å²) in [4.78, 5) is 13.5. The highest BCUT2D eigenvalue weighted by Crippen LogP contribution is 2.31. The molecule has 0 spiro atoms. The molecule has 0 saturated carbocycles. The topological polar surface area (TPSA) is 58.4 Å².